The van der Waals surface area contributed by atoms with E-state index < -0.39 is 0 Å². The Labute approximate surface area is 91.5 Å². The SMILES string of the molecule is CCCC(C(=O)NC(C)C)n1cccc1. The first-order valence-electron chi connectivity index (χ1n) is 5.58. The molecule has 1 N–H and O–H groups in total. The van der Waals surface area contributed by atoms with E-state index in [-0.39, 0.29) is 18.0 Å². The van der Waals surface area contributed by atoms with Crippen molar-refractivity contribution in [3.05, 3.63) is 24.5 Å². The molecule has 1 amide bonds. The largest absolute Gasteiger partial charge is 0.352 e. The molecule has 0 spiro atoms. The number of hydrogen-bond donors (Lipinski definition) is 1. The first-order valence-corrected chi connectivity index (χ1v) is 5.58. The molecule has 3 nitrogen and oxygen atoms in total. The van der Waals surface area contributed by atoms with Crippen LogP contribution < -0.4 is 5.32 Å². The van der Waals surface area contributed by atoms with E-state index in [1.807, 2.05) is 42.9 Å². The number of carbonyl (C=O) groups excluding carboxylic acids is 1. The lowest BCUT2D eigenvalue weighted by atomic mass is 10.1. The van der Waals surface area contributed by atoms with Gasteiger partial charge in [0.15, 0.2) is 0 Å². The Morgan fingerprint density at radius 3 is 2.40 bits per heavy atom. The van der Waals surface area contributed by atoms with E-state index in [0.717, 1.165) is 12.8 Å². The Bertz CT molecular complexity index is 291. The topological polar surface area (TPSA) is 34.0 Å². The van der Waals surface area contributed by atoms with Gasteiger partial charge in [-0.25, -0.2) is 0 Å². The first-order chi connectivity index (χ1) is 7.15. The zero-order chi connectivity index (χ0) is 11.3. The fraction of sp³-hybridized carbons (Fsp3) is 0.583. The van der Waals surface area contributed by atoms with E-state index in [0.29, 0.717) is 0 Å². The Balaban J connectivity index is 2.70. The van der Waals surface area contributed by atoms with E-state index in [9.17, 15) is 4.79 Å². The summed E-state index contributed by atoms with van der Waals surface area (Å²) in [5, 5.41) is 2.96. The summed E-state index contributed by atoms with van der Waals surface area (Å²) in [6, 6.07) is 4.04. The highest BCUT2D eigenvalue weighted by Crippen LogP contribution is 2.14. The van der Waals surface area contributed by atoms with Gasteiger partial charge in [0.05, 0.1) is 0 Å². The molecule has 0 aliphatic rings. The van der Waals surface area contributed by atoms with Crippen molar-refractivity contribution < 1.29 is 4.79 Å². The van der Waals surface area contributed by atoms with Gasteiger partial charge >= 0.3 is 0 Å². The molecule has 15 heavy (non-hydrogen) atoms. The molecule has 0 fully saturated rings. The van der Waals surface area contributed by atoms with Crippen LogP contribution in [0.25, 0.3) is 0 Å². The normalized spacial score (nSPS) is 12.8. The number of nitrogens with zero attached hydrogens (tertiary/aromatic N) is 1. The first kappa shape index (κ1) is 11.8. The summed E-state index contributed by atoms with van der Waals surface area (Å²) < 4.78 is 1.97. The van der Waals surface area contributed by atoms with Crippen molar-refractivity contribution in [2.24, 2.45) is 0 Å². The number of hydrogen-bond acceptors (Lipinski definition) is 1. The average Bonchev–Trinajstić information content (AvgIpc) is 2.65. The highest BCUT2D eigenvalue weighted by atomic mass is 16.2. The van der Waals surface area contributed by atoms with Gasteiger partial charge in [-0.05, 0) is 32.4 Å². The highest BCUT2D eigenvalue weighted by Gasteiger charge is 2.18. The van der Waals surface area contributed by atoms with Gasteiger partial charge in [-0.2, -0.15) is 0 Å². The zero-order valence-electron chi connectivity index (χ0n) is 9.73. The zero-order valence-corrected chi connectivity index (χ0v) is 9.73. The maximum atomic E-state index is 11.9. The molecule has 0 saturated heterocycles. The molecular weight excluding hydrogens is 188 g/mol. The molecule has 0 radical (unpaired) electrons. The lowest BCUT2D eigenvalue weighted by molar-refractivity contribution is -0.125. The second kappa shape index (κ2) is 5.59. The van der Waals surface area contributed by atoms with Crippen LogP contribution in [0.3, 0.4) is 0 Å². The van der Waals surface area contributed by atoms with Crippen molar-refractivity contribution in [2.75, 3.05) is 0 Å². The molecule has 3 heteroatoms. The average molecular weight is 208 g/mol. The van der Waals surface area contributed by atoms with Gasteiger partial charge in [0.2, 0.25) is 5.91 Å². The van der Waals surface area contributed by atoms with E-state index in [4.69, 9.17) is 0 Å². The van der Waals surface area contributed by atoms with Crippen molar-refractivity contribution in [3.8, 4) is 0 Å². The van der Waals surface area contributed by atoms with Crippen LogP contribution in [-0.4, -0.2) is 16.5 Å². The Morgan fingerprint density at radius 1 is 1.33 bits per heavy atom. The molecule has 0 bridgehead atoms. The number of rotatable bonds is 5. The molecular formula is C12H20N2O. The van der Waals surface area contributed by atoms with Crippen molar-refractivity contribution in [1.29, 1.82) is 0 Å². The summed E-state index contributed by atoms with van der Waals surface area (Å²) in [5.74, 6) is 0.114. The van der Waals surface area contributed by atoms with Crippen LogP contribution in [0.1, 0.15) is 39.7 Å². The summed E-state index contributed by atoms with van der Waals surface area (Å²) in [6.45, 7) is 6.06. The van der Waals surface area contributed by atoms with Crippen molar-refractivity contribution in [3.63, 3.8) is 0 Å². The van der Waals surface area contributed by atoms with Crippen LogP contribution in [0.2, 0.25) is 0 Å². The van der Waals surface area contributed by atoms with Crippen molar-refractivity contribution >= 4 is 5.91 Å². The number of carbonyl (C=O) groups is 1. The van der Waals surface area contributed by atoms with Crippen molar-refractivity contribution in [1.82, 2.24) is 9.88 Å². The quantitative estimate of drug-likeness (QED) is 0.792. The molecule has 0 aliphatic heterocycles. The fourth-order valence-electron chi connectivity index (χ4n) is 1.63. The van der Waals surface area contributed by atoms with Crippen LogP contribution in [0, 0.1) is 0 Å². The number of aromatic nitrogens is 1. The predicted octanol–water partition coefficient (Wildman–Crippen LogP) is 2.35. The number of nitrogens with one attached hydrogen (secondary N) is 1. The lowest BCUT2D eigenvalue weighted by Crippen LogP contribution is -2.36. The molecule has 0 saturated carbocycles. The van der Waals surface area contributed by atoms with Gasteiger partial charge in [-0.3, -0.25) is 4.79 Å². The summed E-state index contributed by atoms with van der Waals surface area (Å²) in [4.78, 5) is 11.9. The minimum Gasteiger partial charge on any atom is -0.352 e. The third kappa shape index (κ3) is 3.42. The molecule has 1 unspecified atom stereocenters. The van der Waals surface area contributed by atoms with Crippen LogP contribution in [0.4, 0.5) is 0 Å². The smallest absolute Gasteiger partial charge is 0.243 e. The third-order valence-corrected chi connectivity index (χ3v) is 2.28. The fourth-order valence-corrected chi connectivity index (χ4v) is 1.63. The van der Waals surface area contributed by atoms with Gasteiger partial charge < -0.3 is 9.88 Å². The highest BCUT2D eigenvalue weighted by molar-refractivity contribution is 5.80. The molecule has 0 aromatic carbocycles. The van der Waals surface area contributed by atoms with E-state index in [1.54, 1.807) is 0 Å². The maximum absolute atomic E-state index is 11.9. The monoisotopic (exact) mass is 208 g/mol. The second-order valence-electron chi connectivity index (χ2n) is 4.10. The Kier molecular flexibility index (Phi) is 4.40. The molecule has 1 rings (SSSR count). The van der Waals surface area contributed by atoms with Gasteiger partial charge in [0.1, 0.15) is 6.04 Å². The van der Waals surface area contributed by atoms with Crippen LogP contribution in [0.15, 0.2) is 24.5 Å². The predicted molar refractivity (Wildman–Crippen MR) is 61.7 cm³/mol. The number of amides is 1. The Morgan fingerprint density at radius 2 is 1.93 bits per heavy atom. The van der Waals surface area contributed by atoms with E-state index >= 15 is 0 Å². The van der Waals surface area contributed by atoms with Crippen LogP contribution in [0.5, 0.6) is 0 Å². The molecule has 1 aromatic heterocycles. The summed E-state index contributed by atoms with van der Waals surface area (Å²) in [6.07, 6.45) is 5.78. The summed E-state index contributed by atoms with van der Waals surface area (Å²) >= 11 is 0. The van der Waals surface area contributed by atoms with E-state index in [1.165, 1.54) is 0 Å². The minimum atomic E-state index is -0.0626. The molecule has 1 atom stereocenters. The van der Waals surface area contributed by atoms with E-state index in [2.05, 4.69) is 12.2 Å². The standard InChI is InChI=1S/C12H20N2O/c1-4-7-11(12(15)13-10(2)3)14-8-5-6-9-14/h5-6,8-11H,4,7H2,1-3H3,(H,13,15). The van der Waals surface area contributed by atoms with Gasteiger partial charge in [0.25, 0.3) is 0 Å². The van der Waals surface area contributed by atoms with Gasteiger partial charge in [-0.15, -0.1) is 0 Å². The third-order valence-electron chi connectivity index (χ3n) is 2.28. The minimum absolute atomic E-state index is 0.0626. The molecule has 0 aliphatic carbocycles. The summed E-state index contributed by atoms with van der Waals surface area (Å²) in [5.41, 5.74) is 0. The van der Waals surface area contributed by atoms with Crippen molar-refractivity contribution in [2.45, 2.75) is 45.7 Å². The lowest BCUT2D eigenvalue weighted by Gasteiger charge is -2.19. The van der Waals surface area contributed by atoms with Gasteiger partial charge in [-0.1, -0.05) is 13.3 Å². The van der Waals surface area contributed by atoms with Gasteiger partial charge in [0, 0.05) is 18.4 Å². The van der Waals surface area contributed by atoms with Crippen LogP contribution in [-0.2, 0) is 4.79 Å². The van der Waals surface area contributed by atoms with Crippen LogP contribution >= 0.6 is 0 Å². The summed E-state index contributed by atoms with van der Waals surface area (Å²) in [7, 11) is 0. The molecule has 84 valence electrons. The molecule has 1 aromatic rings. The second-order valence-corrected chi connectivity index (χ2v) is 4.10. The maximum Gasteiger partial charge on any atom is 0.243 e. The molecule has 1 heterocycles. The Hall–Kier alpha value is -1.25.